The molecule has 2 aliphatic heterocycles. The van der Waals surface area contributed by atoms with E-state index in [2.05, 4.69) is 20.4 Å². The Morgan fingerprint density at radius 2 is 2.00 bits per heavy atom. The maximum Gasteiger partial charge on any atom is 0.433 e. The van der Waals surface area contributed by atoms with Crippen molar-refractivity contribution in [3.8, 4) is 11.3 Å². The molecular weight excluding hydrogens is 411 g/mol. The highest BCUT2D eigenvalue weighted by Crippen LogP contribution is 2.33. The fraction of sp³-hybridized carbons (Fsp3) is 0.600. The molecule has 0 bridgehead atoms. The fourth-order valence-electron chi connectivity index (χ4n) is 3.85. The van der Waals surface area contributed by atoms with Crippen LogP contribution in [0.15, 0.2) is 18.5 Å². The summed E-state index contributed by atoms with van der Waals surface area (Å²) in [7, 11) is 0. The van der Waals surface area contributed by atoms with Gasteiger partial charge in [0.2, 0.25) is 11.9 Å². The van der Waals surface area contributed by atoms with Gasteiger partial charge in [-0.3, -0.25) is 9.48 Å². The first-order valence-corrected chi connectivity index (χ1v) is 10.4. The highest BCUT2D eigenvalue weighted by molar-refractivity contribution is 5.76. The zero-order chi connectivity index (χ0) is 22.3. The highest BCUT2D eigenvalue weighted by Gasteiger charge is 2.36. The molecule has 2 saturated heterocycles. The minimum absolute atomic E-state index is 0.0181. The van der Waals surface area contributed by atoms with Crippen LogP contribution >= 0.6 is 0 Å². The Morgan fingerprint density at radius 3 is 2.65 bits per heavy atom. The maximum atomic E-state index is 13.4. The molecular formula is C20H26F3N7O. The van der Waals surface area contributed by atoms with Crippen LogP contribution in [0.3, 0.4) is 0 Å². The summed E-state index contributed by atoms with van der Waals surface area (Å²) in [5.74, 6) is -0.0136. The van der Waals surface area contributed by atoms with E-state index in [4.69, 9.17) is 0 Å². The molecule has 11 heteroatoms. The number of hydrogen-bond donors (Lipinski definition) is 1. The second kappa shape index (κ2) is 8.10. The number of nitrogens with zero attached hydrogens (tertiary/aromatic N) is 6. The fourth-order valence-corrected chi connectivity index (χ4v) is 3.85. The molecule has 1 N–H and O–H groups in total. The SMILES string of the molecule is C[C@@H]1CN(C(=O)Cn2cc(-c3cc(C(F)(F)F)nc(N4CC[C@@H]4C)n3)cn2)[C@@H](C)CN1. The summed E-state index contributed by atoms with van der Waals surface area (Å²) in [5, 5.41) is 7.51. The Kier molecular flexibility index (Phi) is 5.63. The Morgan fingerprint density at radius 1 is 1.23 bits per heavy atom. The van der Waals surface area contributed by atoms with E-state index in [1.165, 1.54) is 10.9 Å². The lowest BCUT2D eigenvalue weighted by molar-refractivity contribution is -0.141. The zero-order valence-electron chi connectivity index (χ0n) is 17.7. The number of carbonyl (C=O) groups is 1. The highest BCUT2D eigenvalue weighted by atomic mass is 19.4. The summed E-state index contributed by atoms with van der Waals surface area (Å²) < 4.78 is 41.7. The van der Waals surface area contributed by atoms with Gasteiger partial charge >= 0.3 is 6.18 Å². The minimum atomic E-state index is -4.58. The summed E-state index contributed by atoms with van der Waals surface area (Å²) in [6.45, 7) is 7.88. The van der Waals surface area contributed by atoms with Crippen LogP contribution in [0.5, 0.6) is 0 Å². The van der Waals surface area contributed by atoms with Crippen molar-refractivity contribution < 1.29 is 18.0 Å². The lowest BCUT2D eigenvalue weighted by atomic mass is 10.1. The molecule has 2 aromatic rings. The van der Waals surface area contributed by atoms with E-state index >= 15 is 0 Å². The molecule has 3 atom stereocenters. The molecule has 0 saturated carbocycles. The van der Waals surface area contributed by atoms with Gasteiger partial charge in [-0.1, -0.05) is 0 Å². The van der Waals surface area contributed by atoms with Crippen molar-refractivity contribution in [3.05, 3.63) is 24.2 Å². The molecule has 0 radical (unpaired) electrons. The molecule has 2 aromatic heterocycles. The van der Waals surface area contributed by atoms with Crippen LogP contribution < -0.4 is 10.2 Å². The first-order chi connectivity index (χ1) is 14.6. The van der Waals surface area contributed by atoms with E-state index in [0.29, 0.717) is 18.7 Å². The summed E-state index contributed by atoms with van der Waals surface area (Å²) in [5.41, 5.74) is -0.435. The molecule has 168 valence electrons. The molecule has 31 heavy (non-hydrogen) atoms. The zero-order valence-corrected chi connectivity index (χ0v) is 17.7. The normalized spacial score (nSPS) is 24.3. The summed E-state index contributed by atoms with van der Waals surface area (Å²) >= 11 is 0. The maximum absolute atomic E-state index is 13.4. The molecule has 8 nitrogen and oxygen atoms in total. The molecule has 4 heterocycles. The van der Waals surface area contributed by atoms with Gasteiger partial charge in [-0.25, -0.2) is 9.97 Å². The summed E-state index contributed by atoms with van der Waals surface area (Å²) in [6.07, 6.45) is -0.706. The van der Waals surface area contributed by atoms with Gasteiger partial charge in [0.05, 0.1) is 11.9 Å². The first-order valence-electron chi connectivity index (χ1n) is 10.4. The van der Waals surface area contributed by atoms with Crippen LogP contribution in [-0.2, 0) is 17.5 Å². The Labute approximate surface area is 178 Å². The number of anilines is 1. The third-order valence-electron chi connectivity index (χ3n) is 5.89. The average molecular weight is 437 g/mol. The van der Waals surface area contributed by atoms with Crippen molar-refractivity contribution in [2.75, 3.05) is 24.5 Å². The number of piperazine rings is 1. The standard InChI is InChI=1S/C20H26F3N7O/c1-12-9-30(14(3)7-24-12)18(31)11-28-10-15(8-25-28)16-6-17(20(21,22)23)27-19(26-16)29-5-4-13(29)2/h6,8,10,12-14,24H,4-5,7,9,11H2,1-3H3/t12-,13+,14+/m1/s1. The van der Waals surface area contributed by atoms with Gasteiger partial charge < -0.3 is 15.1 Å². The van der Waals surface area contributed by atoms with Crippen molar-refractivity contribution in [2.24, 2.45) is 0 Å². The monoisotopic (exact) mass is 437 g/mol. The number of rotatable bonds is 4. The van der Waals surface area contributed by atoms with Gasteiger partial charge in [0.15, 0.2) is 5.69 Å². The number of carbonyl (C=O) groups excluding carboxylic acids is 1. The van der Waals surface area contributed by atoms with E-state index in [1.54, 1.807) is 16.0 Å². The summed E-state index contributed by atoms with van der Waals surface area (Å²) in [6, 6.07) is 1.30. The van der Waals surface area contributed by atoms with Crippen LogP contribution in [0.25, 0.3) is 11.3 Å². The van der Waals surface area contributed by atoms with Crippen molar-refractivity contribution in [2.45, 2.75) is 58.0 Å². The van der Waals surface area contributed by atoms with Gasteiger partial charge in [0, 0.05) is 49.5 Å². The third-order valence-corrected chi connectivity index (χ3v) is 5.89. The number of hydrogen-bond acceptors (Lipinski definition) is 6. The van der Waals surface area contributed by atoms with Gasteiger partial charge in [0.1, 0.15) is 6.54 Å². The van der Waals surface area contributed by atoms with E-state index < -0.39 is 11.9 Å². The summed E-state index contributed by atoms with van der Waals surface area (Å²) in [4.78, 5) is 24.4. The van der Waals surface area contributed by atoms with Crippen LogP contribution in [-0.4, -0.2) is 68.3 Å². The third kappa shape index (κ3) is 4.51. The Balaban J connectivity index is 1.57. The van der Waals surface area contributed by atoms with Crippen LogP contribution in [0, 0.1) is 0 Å². The minimum Gasteiger partial charge on any atom is -0.338 e. The van der Waals surface area contributed by atoms with Crippen LogP contribution in [0.2, 0.25) is 0 Å². The van der Waals surface area contributed by atoms with E-state index in [1.807, 2.05) is 20.8 Å². The Bertz CT molecular complexity index is 960. The molecule has 0 unspecified atom stereocenters. The molecule has 0 spiro atoms. The molecule has 2 fully saturated rings. The van der Waals surface area contributed by atoms with Gasteiger partial charge in [-0.15, -0.1) is 0 Å². The van der Waals surface area contributed by atoms with Crippen LogP contribution in [0.1, 0.15) is 32.9 Å². The lowest BCUT2D eigenvalue weighted by Crippen LogP contribution is -2.56. The smallest absolute Gasteiger partial charge is 0.338 e. The van der Waals surface area contributed by atoms with Crippen LogP contribution in [0.4, 0.5) is 19.1 Å². The van der Waals surface area contributed by atoms with Gasteiger partial charge in [-0.2, -0.15) is 18.3 Å². The first kappa shape index (κ1) is 21.5. The number of alkyl halides is 3. The number of halogens is 3. The molecule has 0 aliphatic carbocycles. The van der Waals surface area contributed by atoms with Crippen molar-refractivity contribution in [3.63, 3.8) is 0 Å². The lowest BCUT2D eigenvalue weighted by Gasteiger charge is -2.38. The predicted octanol–water partition coefficient (Wildman–Crippen LogP) is 2.17. The van der Waals surface area contributed by atoms with Gasteiger partial charge in [0.25, 0.3) is 0 Å². The quantitative estimate of drug-likeness (QED) is 0.790. The molecule has 2 aliphatic rings. The predicted molar refractivity (Wildman–Crippen MR) is 108 cm³/mol. The van der Waals surface area contributed by atoms with Crippen molar-refractivity contribution in [1.29, 1.82) is 0 Å². The van der Waals surface area contributed by atoms with Gasteiger partial charge in [-0.05, 0) is 33.3 Å². The van der Waals surface area contributed by atoms with E-state index in [0.717, 1.165) is 19.0 Å². The Hall–Kier alpha value is -2.69. The van der Waals surface area contributed by atoms with Crippen molar-refractivity contribution in [1.82, 2.24) is 30.0 Å². The second-order valence-electron chi connectivity index (χ2n) is 8.40. The molecule has 4 rings (SSSR count). The molecule has 0 aromatic carbocycles. The average Bonchev–Trinajstić information content (AvgIpc) is 3.16. The molecule has 1 amide bonds. The number of aromatic nitrogens is 4. The largest absolute Gasteiger partial charge is 0.433 e. The van der Waals surface area contributed by atoms with Crippen molar-refractivity contribution >= 4 is 11.9 Å². The topological polar surface area (TPSA) is 79.2 Å². The number of amides is 1. The number of nitrogens with one attached hydrogen (secondary N) is 1. The van der Waals surface area contributed by atoms with E-state index in [-0.39, 0.29) is 42.2 Å². The second-order valence-corrected chi connectivity index (χ2v) is 8.40. The van der Waals surface area contributed by atoms with E-state index in [9.17, 15) is 18.0 Å².